The fourth-order valence-electron chi connectivity index (χ4n) is 1.77. The van der Waals surface area contributed by atoms with Crippen LogP contribution in [-0.2, 0) is 16.4 Å². The lowest BCUT2D eigenvalue weighted by Crippen LogP contribution is -2.14. The molecule has 2 rings (SSSR count). The number of benzene rings is 2. The van der Waals surface area contributed by atoms with Crippen LogP contribution in [0.5, 0.6) is 0 Å². The lowest BCUT2D eigenvalue weighted by atomic mass is 10.1. The molecule has 0 saturated carbocycles. The molecule has 2 aromatic carbocycles. The zero-order valence-corrected chi connectivity index (χ0v) is 11.2. The molecule has 0 aromatic heterocycles. The summed E-state index contributed by atoms with van der Waals surface area (Å²) in [4.78, 5) is -0.0848. The topological polar surface area (TPSA) is 46.2 Å². The summed E-state index contributed by atoms with van der Waals surface area (Å²) < 4.78 is 39.9. The van der Waals surface area contributed by atoms with Gasteiger partial charge in [0.25, 0.3) is 10.0 Å². The average molecular weight is 279 g/mol. The van der Waals surface area contributed by atoms with Crippen molar-refractivity contribution < 1.29 is 12.8 Å². The fourth-order valence-corrected chi connectivity index (χ4v) is 2.90. The highest BCUT2D eigenvalue weighted by Gasteiger charge is 2.15. The van der Waals surface area contributed by atoms with E-state index in [1.54, 1.807) is 12.1 Å². The van der Waals surface area contributed by atoms with Crippen LogP contribution in [0.15, 0.2) is 53.4 Å². The van der Waals surface area contributed by atoms with Gasteiger partial charge in [0, 0.05) is 0 Å². The minimum absolute atomic E-state index is 0.0848. The SMILES string of the molecule is CCc1ccccc1NS(=O)(=O)c1cccc(F)c1. The Hall–Kier alpha value is -1.88. The van der Waals surface area contributed by atoms with Crippen molar-refractivity contribution in [3.05, 3.63) is 59.9 Å². The van der Waals surface area contributed by atoms with E-state index in [0.717, 1.165) is 11.6 Å². The van der Waals surface area contributed by atoms with Crippen LogP contribution in [0.3, 0.4) is 0 Å². The number of aryl methyl sites for hydroxylation is 1. The summed E-state index contributed by atoms with van der Waals surface area (Å²) in [6.07, 6.45) is 0.710. The molecule has 5 heteroatoms. The predicted octanol–water partition coefficient (Wildman–Crippen LogP) is 3.19. The van der Waals surface area contributed by atoms with E-state index in [1.165, 1.54) is 18.2 Å². The molecule has 0 atom stereocenters. The summed E-state index contributed by atoms with van der Waals surface area (Å²) in [7, 11) is -3.76. The Morgan fingerprint density at radius 1 is 1.11 bits per heavy atom. The van der Waals surface area contributed by atoms with Gasteiger partial charge in [-0.2, -0.15) is 0 Å². The van der Waals surface area contributed by atoms with Gasteiger partial charge in [0.2, 0.25) is 0 Å². The van der Waals surface area contributed by atoms with Gasteiger partial charge in [-0.1, -0.05) is 31.2 Å². The molecule has 0 spiro atoms. The Morgan fingerprint density at radius 3 is 2.53 bits per heavy atom. The normalized spacial score (nSPS) is 11.3. The predicted molar refractivity (Wildman–Crippen MR) is 73.0 cm³/mol. The molecule has 0 aliphatic heterocycles. The van der Waals surface area contributed by atoms with Gasteiger partial charge in [0.1, 0.15) is 5.82 Å². The van der Waals surface area contributed by atoms with Gasteiger partial charge in [-0.25, -0.2) is 12.8 Å². The standard InChI is InChI=1S/C14H14FNO2S/c1-2-11-6-3-4-9-14(11)16-19(17,18)13-8-5-7-12(15)10-13/h3-10,16H,2H2,1H3. The summed E-state index contributed by atoms with van der Waals surface area (Å²) in [6, 6.07) is 12.1. The minimum Gasteiger partial charge on any atom is -0.279 e. The minimum atomic E-state index is -3.76. The Labute approximate surface area is 112 Å². The average Bonchev–Trinajstić information content (AvgIpc) is 2.39. The Bertz CT molecular complexity index is 683. The number of sulfonamides is 1. The molecule has 100 valence electrons. The van der Waals surface area contributed by atoms with Crippen LogP contribution in [-0.4, -0.2) is 8.42 Å². The number of hydrogen-bond acceptors (Lipinski definition) is 2. The van der Waals surface area contributed by atoms with E-state index in [9.17, 15) is 12.8 Å². The molecule has 3 nitrogen and oxygen atoms in total. The van der Waals surface area contributed by atoms with E-state index in [1.807, 2.05) is 19.1 Å². The lowest BCUT2D eigenvalue weighted by molar-refractivity contribution is 0.595. The Kier molecular flexibility index (Phi) is 3.85. The molecule has 0 unspecified atom stereocenters. The van der Waals surface area contributed by atoms with E-state index >= 15 is 0 Å². The van der Waals surface area contributed by atoms with Crippen LogP contribution in [0.2, 0.25) is 0 Å². The van der Waals surface area contributed by atoms with Crippen LogP contribution in [0.25, 0.3) is 0 Å². The third-order valence-corrected chi connectivity index (χ3v) is 4.11. The number of halogens is 1. The Balaban J connectivity index is 2.37. The van der Waals surface area contributed by atoms with Gasteiger partial charge >= 0.3 is 0 Å². The third-order valence-electron chi connectivity index (χ3n) is 2.75. The van der Waals surface area contributed by atoms with Crippen LogP contribution >= 0.6 is 0 Å². The number of anilines is 1. The van der Waals surface area contributed by atoms with Gasteiger partial charge in [0.15, 0.2) is 0 Å². The molecule has 0 bridgehead atoms. The van der Waals surface area contributed by atoms with Gasteiger partial charge in [0.05, 0.1) is 10.6 Å². The van der Waals surface area contributed by atoms with E-state index in [0.29, 0.717) is 12.1 Å². The zero-order valence-electron chi connectivity index (χ0n) is 10.4. The Morgan fingerprint density at radius 2 is 1.84 bits per heavy atom. The highest BCUT2D eigenvalue weighted by atomic mass is 32.2. The first-order chi connectivity index (χ1) is 9.03. The van der Waals surface area contributed by atoms with Gasteiger partial charge < -0.3 is 0 Å². The maximum atomic E-state index is 13.1. The second-order valence-corrected chi connectivity index (χ2v) is 5.76. The molecular weight excluding hydrogens is 265 g/mol. The van der Waals surface area contributed by atoms with E-state index in [4.69, 9.17) is 0 Å². The zero-order chi connectivity index (χ0) is 13.9. The van der Waals surface area contributed by atoms with Crippen molar-refractivity contribution in [2.75, 3.05) is 4.72 Å². The number of hydrogen-bond donors (Lipinski definition) is 1. The molecule has 0 aliphatic carbocycles. The monoisotopic (exact) mass is 279 g/mol. The fraction of sp³-hybridized carbons (Fsp3) is 0.143. The summed E-state index contributed by atoms with van der Waals surface area (Å²) in [5.74, 6) is -0.577. The number of nitrogens with one attached hydrogen (secondary N) is 1. The molecule has 0 radical (unpaired) electrons. The molecule has 0 amide bonds. The van der Waals surface area contributed by atoms with Gasteiger partial charge in [-0.3, -0.25) is 4.72 Å². The molecule has 2 aromatic rings. The maximum absolute atomic E-state index is 13.1. The summed E-state index contributed by atoms with van der Waals surface area (Å²) in [6.45, 7) is 1.94. The van der Waals surface area contributed by atoms with Crippen LogP contribution in [0.1, 0.15) is 12.5 Å². The summed E-state index contributed by atoms with van der Waals surface area (Å²) in [5, 5.41) is 0. The van der Waals surface area contributed by atoms with Crippen molar-refractivity contribution in [3.8, 4) is 0 Å². The van der Waals surface area contributed by atoms with Gasteiger partial charge in [-0.05, 0) is 36.2 Å². The van der Waals surface area contributed by atoms with Crippen molar-refractivity contribution in [1.82, 2.24) is 0 Å². The van der Waals surface area contributed by atoms with Crippen LogP contribution < -0.4 is 4.72 Å². The van der Waals surface area contributed by atoms with E-state index < -0.39 is 15.8 Å². The smallest absolute Gasteiger partial charge is 0.262 e. The van der Waals surface area contributed by atoms with Crippen LogP contribution in [0, 0.1) is 5.82 Å². The number of para-hydroxylation sites is 1. The first-order valence-corrected chi connectivity index (χ1v) is 7.37. The number of rotatable bonds is 4. The second kappa shape index (κ2) is 5.40. The molecular formula is C14H14FNO2S. The highest BCUT2D eigenvalue weighted by molar-refractivity contribution is 7.92. The molecule has 0 heterocycles. The molecule has 19 heavy (non-hydrogen) atoms. The van der Waals surface area contributed by atoms with Crippen molar-refractivity contribution in [2.24, 2.45) is 0 Å². The highest BCUT2D eigenvalue weighted by Crippen LogP contribution is 2.20. The largest absolute Gasteiger partial charge is 0.279 e. The van der Waals surface area contributed by atoms with E-state index in [-0.39, 0.29) is 4.90 Å². The summed E-state index contributed by atoms with van der Waals surface area (Å²) >= 11 is 0. The lowest BCUT2D eigenvalue weighted by Gasteiger charge is -2.11. The first kappa shape index (κ1) is 13.5. The molecule has 1 N–H and O–H groups in total. The van der Waals surface area contributed by atoms with Crippen molar-refractivity contribution in [3.63, 3.8) is 0 Å². The molecule has 0 fully saturated rings. The second-order valence-electron chi connectivity index (χ2n) is 4.07. The van der Waals surface area contributed by atoms with E-state index in [2.05, 4.69) is 4.72 Å². The first-order valence-electron chi connectivity index (χ1n) is 5.89. The molecule has 0 aliphatic rings. The van der Waals surface area contributed by atoms with Crippen LogP contribution in [0.4, 0.5) is 10.1 Å². The van der Waals surface area contributed by atoms with Crippen molar-refractivity contribution >= 4 is 15.7 Å². The van der Waals surface area contributed by atoms with Crippen molar-refractivity contribution in [2.45, 2.75) is 18.2 Å². The van der Waals surface area contributed by atoms with Crippen molar-refractivity contribution in [1.29, 1.82) is 0 Å². The van der Waals surface area contributed by atoms with Gasteiger partial charge in [-0.15, -0.1) is 0 Å². The molecule has 0 saturated heterocycles. The quantitative estimate of drug-likeness (QED) is 0.934. The third kappa shape index (κ3) is 3.12. The summed E-state index contributed by atoms with van der Waals surface area (Å²) in [5.41, 5.74) is 1.41. The maximum Gasteiger partial charge on any atom is 0.262 e.